The lowest BCUT2D eigenvalue weighted by Crippen LogP contribution is -2.30. The van der Waals surface area contributed by atoms with Gasteiger partial charge in [-0.1, -0.05) is 0 Å². The zero-order valence-electron chi connectivity index (χ0n) is 7.99. The molecule has 1 aliphatic heterocycles. The van der Waals surface area contributed by atoms with Crippen LogP contribution in [0.5, 0.6) is 0 Å². The molecule has 0 aliphatic carbocycles. The van der Waals surface area contributed by atoms with Crippen molar-refractivity contribution in [3.63, 3.8) is 0 Å². The van der Waals surface area contributed by atoms with Gasteiger partial charge < -0.3 is 15.1 Å². The Hall–Kier alpha value is -0.610. The molecule has 0 aromatic carbocycles. The predicted octanol–water partition coefficient (Wildman–Crippen LogP) is 0.308. The Bertz CT molecular complexity index is 191. The molecule has 0 amide bonds. The normalized spacial score (nSPS) is 29.4. The van der Waals surface area contributed by atoms with E-state index in [1.54, 1.807) is 0 Å². The lowest BCUT2D eigenvalue weighted by Gasteiger charge is -2.18. The van der Waals surface area contributed by atoms with Crippen molar-refractivity contribution in [2.45, 2.75) is 31.8 Å². The summed E-state index contributed by atoms with van der Waals surface area (Å²) in [5.74, 6) is -0.744. The van der Waals surface area contributed by atoms with Crippen molar-refractivity contribution in [1.82, 2.24) is 4.90 Å². The van der Waals surface area contributed by atoms with Crippen LogP contribution in [0.3, 0.4) is 0 Å². The van der Waals surface area contributed by atoms with Gasteiger partial charge >= 0.3 is 5.97 Å². The summed E-state index contributed by atoms with van der Waals surface area (Å²) in [6.45, 7) is 4.16. The van der Waals surface area contributed by atoms with E-state index in [4.69, 9.17) is 5.11 Å². The van der Waals surface area contributed by atoms with E-state index in [2.05, 4.69) is 4.90 Å². The van der Waals surface area contributed by atoms with E-state index in [-0.39, 0.29) is 6.42 Å². The average molecular weight is 187 g/mol. The van der Waals surface area contributed by atoms with Crippen molar-refractivity contribution < 1.29 is 15.0 Å². The molecule has 1 saturated heterocycles. The van der Waals surface area contributed by atoms with E-state index < -0.39 is 11.6 Å². The van der Waals surface area contributed by atoms with Crippen molar-refractivity contribution in [3.05, 3.63) is 0 Å². The van der Waals surface area contributed by atoms with Crippen molar-refractivity contribution in [3.8, 4) is 0 Å². The van der Waals surface area contributed by atoms with Crippen molar-refractivity contribution in [2.75, 3.05) is 19.6 Å². The highest BCUT2D eigenvalue weighted by Crippen LogP contribution is 2.20. The van der Waals surface area contributed by atoms with Gasteiger partial charge in [0.05, 0.1) is 5.60 Å². The first-order chi connectivity index (χ1) is 5.99. The quantitative estimate of drug-likeness (QED) is 0.665. The van der Waals surface area contributed by atoms with E-state index in [9.17, 15) is 9.90 Å². The number of aliphatic hydroxyl groups is 1. The van der Waals surface area contributed by atoms with E-state index in [0.717, 1.165) is 19.5 Å². The summed E-state index contributed by atoms with van der Waals surface area (Å²) in [5.41, 5.74) is -0.566. The van der Waals surface area contributed by atoms with Gasteiger partial charge in [-0.05, 0) is 26.3 Å². The molecule has 13 heavy (non-hydrogen) atoms. The van der Waals surface area contributed by atoms with Crippen LogP contribution in [-0.2, 0) is 4.79 Å². The minimum atomic E-state index is -0.744. The fourth-order valence-electron chi connectivity index (χ4n) is 1.68. The summed E-state index contributed by atoms with van der Waals surface area (Å²) in [7, 11) is 0. The summed E-state index contributed by atoms with van der Waals surface area (Å²) in [6.07, 6.45) is 1.68. The van der Waals surface area contributed by atoms with Gasteiger partial charge in [-0.15, -0.1) is 0 Å². The molecule has 4 nitrogen and oxygen atoms in total. The molecular weight excluding hydrogens is 170 g/mol. The number of aliphatic carboxylic acids is 1. The Labute approximate surface area is 78.2 Å². The summed E-state index contributed by atoms with van der Waals surface area (Å²) in [4.78, 5) is 12.3. The second kappa shape index (κ2) is 4.07. The van der Waals surface area contributed by atoms with Crippen molar-refractivity contribution >= 4 is 5.97 Å². The molecule has 1 atom stereocenters. The van der Waals surface area contributed by atoms with Crippen LogP contribution in [0.15, 0.2) is 0 Å². The van der Waals surface area contributed by atoms with E-state index >= 15 is 0 Å². The van der Waals surface area contributed by atoms with Crippen LogP contribution in [0, 0.1) is 0 Å². The molecule has 1 heterocycles. The van der Waals surface area contributed by atoms with Crippen LogP contribution in [0.1, 0.15) is 26.2 Å². The molecule has 0 saturated carbocycles. The third-order valence-corrected chi connectivity index (χ3v) is 2.40. The SMILES string of the molecule is CC1(O)CCN(CCCC(=O)O)C1. The van der Waals surface area contributed by atoms with E-state index in [1.807, 2.05) is 6.92 Å². The summed E-state index contributed by atoms with van der Waals surface area (Å²) in [5, 5.41) is 18.0. The Kier molecular flexibility index (Phi) is 3.27. The van der Waals surface area contributed by atoms with Crippen LogP contribution >= 0.6 is 0 Å². The first-order valence-corrected chi connectivity index (χ1v) is 4.66. The monoisotopic (exact) mass is 187 g/mol. The lowest BCUT2D eigenvalue weighted by molar-refractivity contribution is -0.137. The highest BCUT2D eigenvalue weighted by molar-refractivity contribution is 5.66. The number of likely N-dealkylation sites (tertiary alicyclic amines) is 1. The largest absolute Gasteiger partial charge is 0.481 e. The molecule has 1 aliphatic rings. The topological polar surface area (TPSA) is 60.8 Å². The fraction of sp³-hybridized carbons (Fsp3) is 0.889. The van der Waals surface area contributed by atoms with Crippen molar-refractivity contribution in [2.24, 2.45) is 0 Å². The fourth-order valence-corrected chi connectivity index (χ4v) is 1.68. The molecule has 4 heteroatoms. The van der Waals surface area contributed by atoms with Gasteiger partial charge in [-0.25, -0.2) is 0 Å². The minimum absolute atomic E-state index is 0.221. The maximum atomic E-state index is 10.2. The maximum Gasteiger partial charge on any atom is 0.303 e. The zero-order chi connectivity index (χ0) is 9.90. The molecule has 1 unspecified atom stereocenters. The Morgan fingerprint density at radius 3 is 2.77 bits per heavy atom. The molecule has 0 aromatic rings. The first-order valence-electron chi connectivity index (χ1n) is 4.66. The lowest BCUT2D eigenvalue weighted by atomic mass is 10.1. The number of β-amino-alcohol motifs (C(OH)–C–C–N with tert-alkyl or cyclic N) is 1. The Balaban J connectivity index is 2.14. The van der Waals surface area contributed by atoms with Crippen LogP contribution in [0.2, 0.25) is 0 Å². The van der Waals surface area contributed by atoms with Gasteiger partial charge in [0.2, 0.25) is 0 Å². The van der Waals surface area contributed by atoms with Crippen LogP contribution < -0.4 is 0 Å². The Morgan fingerprint density at radius 2 is 2.31 bits per heavy atom. The average Bonchev–Trinajstić information content (AvgIpc) is 2.29. The molecule has 0 spiro atoms. The molecule has 1 rings (SSSR count). The highest BCUT2D eigenvalue weighted by Gasteiger charge is 2.30. The van der Waals surface area contributed by atoms with Crippen LogP contribution in [0.25, 0.3) is 0 Å². The molecule has 2 N–H and O–H groups in total. The molecule has 0 bridgehead atoms. The number of carboxylic acid groups (broad SMARTS) is 1. The minimum Gasteiger partial charge on any atom is -0.481 e. The third-order valence-electron chi connectivity index (χ3n) is 2.40. The summed E-state index contributed by atoms with van der Waals surface area (Å²) >= 11 is 0. The zero-order valence-corrected chi connectivity index (χ0v) is 7.99. The molecule has 0 aromatic heterocycles. The number of nitrogens with zero attached hydrogens (tertiary/aromatic N) is 1. The molecule has 1 fully saturated rings. The van der Waals surface area contributed by atoms with Gasteiger partial charge in [0.25, 0.3) is 0 Å². The second-order valence-corrected chi connectivity index (χ2v) is 4.02. The standard InChI is InChI=1S/C9H17NO3/c1-9(13)4-6-10(7-9)5-2-3-8(11)12/h13H,2-7H2,1H3,(H,11,12). The highest BCUT2D eigenvalue weighted by atomic mass is 16.4. The van der Waals surface area contributed by atoms with Gasteiger partial charge in [0, 0.05) is 19.5 Å². The number of hydrogen-bond donors (Lipinski definition) is 2. The number of carboxylic acids is 1. The predicted molar refractivity (Wildman–Crippen MR) is 48.6 cm³/mol. The van der Waals surface area contributed by atoms with Crippen LogP contribution in [-0.4, -0.2) is 46.3 Å². The molecule has 0 radical (unpaired) electrons. The maximum absolute atomic E-state index is 10.2. The Morgan fingerprint density at radius 1 is 1.62 bits per heavy atom. The number of hydrogen-bond acceptors (Lipinski definition) is 3. The van der Waals surface area contributed by atoms with Crippen LogP contribution in [0.4, 0.5) is 0 Å². The van der Waals surface area contributed by atoms with Gasteiger partial charge in [0.1, 0.15) is 0 Å². The summed E-state index contributed by atoms with van der Waals surface area (Å²) < 4.78 is 0. The summed E-state index contributed by atoms with van der Waals surface area (Å²) in [6, 6.07) is 0. The van der Waals surface area contributed by atoms with Crippen molar-refractivity contribution in [1.29, 1.82) is 0 Å². The van der Waals surface area contributed by atoms with Gasteiger partial charge in [0.15, 0.2) is 0 Å². The molecule has 76 valence electrons. The molecular formula is C9H17NO3. The first kappa shape index (κ1) is 10.5. The van der Waals surface area contributed by atoms with Gasteiger partial charge in [-0.2, -0.15) is 0 Å². The van der Waals surface area contributed by atoms with Gasteiger partial charge in [-0.3, -0.25) is 4.79 Å². The second-order valence-electron chi connectivity index (χ2n) is 4.02. The smallest absolute Gasteiger partial charge is 0.303 e. The number of carbonyl (C=O) groups is 1. The van der Waals surface area contributed by atoms with E-state index in [0.29, 0.717) is 13.0 Å². The van der Waals surface area contributed by atoms with E-state index in [1.165, 1.54) is 0 Å². The third kappa shape index (κ3) is 3.74. The number of rotatable bonds is 4.